The first-order valence-electron chi connectivity index (χ1n) is 4.83. The Bertz CT molecular complexity index is 264. The van der Waals surface area contributed by atoms with Crippen molar-refractivity contribution < 1.29 is 5.11 Å². The fourth-order valence-corrected chi connectivity index (χ4v) is 2.80. The minimum Gasteiger partial charge on any atom is -0.396 e. The van der Waals surface area contributed by atoms with Gasteiger partial charge in [0, 0.05) is 29.0 Å². The van der Waals surface area contributed by atoms with E-state index in [-0.39, 0.29) is 6.61 Å². The highest BCUT2D eigenvalue weighted by atomic mass is 79.9. The second kappa shape index (κ2) is 6.56. The van der Waals surface area contributed by atoms with Gasteiger partial charge in [0.25, 0.3) is 0 Å². The SMILES string of the molecule is CCN(CCCO)Cc1sccc1Br. The van der Waals surface area contributed by atoms with Crippen LogP contribution < -0.4 is 0 Å². The molecule has 0 radical (unpaired) electrons. The average Bonchev–Trinajstić information content (AvgIpc) is 2.59. The van der Waals surface area contributed by atoms with E-state index < -0.39 is 0 Å². The Morgan fingerprint density at radius 3 is 2.86 bits per heavy atom. The van der Waals surface area contributed by atoms with Crippen LogP contribution in [0.25, 0.3) is 0 Å². The molecule has 0 aliphatic rings. The molecule has 0 amide bonds. The van der Waals surface area contributed by atoms with Gasteiger partial charge in [-0.15, -0.1) is 11.3 Å². The Hall–Kier alpha value is 0.100. The Morgan fingerprint density at radius 1 is 1.57 bits per heavy atom. The Kier molecular flexibility index (Phi) is 5.70. The Balaban J connectivity index is 2.44. The van der Waals surface area contributed by atoms with Crippen LogP contribution in [0, 0.1) is 0 Å². The van der Waals surface area contributed by atoms with Crippen LogP contribution in [0.1, 0.15) is 18.2 Å². The maximum atomic E-state index is 8.76. The fourth-order valence-electron chi connectivity index (χ4n) is 1.28. The molecule has 80 valence electrons. The molecule has 1 aromatic rings. The lowest BCUT2D eigenvalue weighted by Crippen LogP contribution is -2.24. The molecule has 1 aromatic heterocycles. The van der Waals surface area contributed by atoms with Gasteiger partial charge in [-0.25, -0.2) is 0 Å². The number of aliphatic hydroxyl groups is 1. The minimum atomic E-state index is 0.280. The minimum absolute atomic E-state index is 0.280. The molecule has 0 aromatic carbocycles. The normalized spacial score (nSPS) is 11.1. The van der Waals surface area contributed by atoms with Crippen molar-refractivity contribution in [1.29, 1.82) is 0 Å². The van der Waals surface area contributed by atoms with Crippen LogP contribution in [0.3, 0.4) is 0 Å². The summed E-state index contributed by atoms with van der Waals surface area (Å²) in [7, 11) is 0. The number of rotatable bonds is 6. The molecule has 1 heterocycles. The van der Waals surface area contributed by atoms with Gasteiger partial charge in [0.05, 0.1) is 0 Å². The molecule has 1 rings (SSSR count). The summed E-state index contributed by atoms with van der Waals surface area (Å²) >= 11 is 5.30. The number of aliphatic hydroxyl groups excluding tert-OH is 1. The molecule has 0 aliphatic carbocycles. The topological polar surface area (TPSA) is 23.5 Å². The van der Waals surface area contributed by atoms with Gasteiger partial charge in [-0.2, -0.15) is 0 Å². The molecular weight excluding hydrogens is 262 g/mol. The maximum Gasteiger partial charge on any atom is 0.0443 e. The van der Waals surface area contributed by atoms with Crippen LogP contribution >= 0.6 is 27.3 Å². The highest BCUT2D eigenvalue weighted by Gasteiger charge is 2.06. The lowest BCUT2D eigenvalue weighted by molar-refractivity contribution is 0.226. The third-order valence-electron chi connectivity index (χ3n) is 2.14. The molecule has 0 unspecified atom stereocenters. The van der Waals surface area contributed by atoms with Crippen LogP contribution in [0.4, 0.5) is 0 Å². The number of hydrogen-bond donors (Lipinski definition) is 1. The predicted molar refractivity (Wildman–Crippen MR) is 64.7 cm³/mol. The molecule has 0 saturated heterocycles. The third kappa shape index (κ3) is 3.69. The number of halogens is 1. The van der Waals surface area contributed by atoms with Gasteiger partial charge in [0.1, 0.15) is 0 Å². The molecule has 1 N–H and O–H groups in total. The lowest BCUT2D eigenvalue weighted by Gasteiger charge is -2.19. The van der Waals surface area contributed by atoms with Gasteiger partial charge in [0.15, 0.2) is 0 Å². The van der Waals surface area contributed by atoms with Gasteiger partial charge in [-0.3, -0.25) is 4.90 Å². The molecule has 0 aliphatic heterocycles. The van der Waals surface area contributed by atoms with E-state index in [1.807, 2.05) is 0 Å². The van der Waals surface area contributed by atoms with E-state index in [1.54, 1.807) is 11.3 Å². The maximum absolute atomic E-state index is 8.76. The summed E-state index contributed by atoms with van der Waals surface area (Å²) in [6.07, 6.45) is 0.858. The van der Waals surface area contributed by atoms with E-state index in [0.29, 0.717) is 0 Å². The summed E-state index contributed by atoms with van der Waals surface area (Å²) in [4.78, 5) is 3.71. The first-order valence-corrected chi connectivity index (χ1v) is 6.50. The molecule has 14 heavy (non-hydrogen) atoms. The van der Waals surface area contributed by atoms with Crippen LogP contribution in [-0.4, -0.2) is 29.7 Å². The summed E-state index contributed by atoms with van der Waals surface area (Å²) in [6.45, 7) is 5.41. The third-order valence-corrected chi connectivity index (χ3v) is 4.05. The molecular formula is C10H16BrNOS. The summed E-state index contributed by atoms with van der Waals surface area (Å²) in [5.74, 6) is 0. The van der Waals surface area contributed by atoms with Crippen molar-refractivity contribution in [3.63, 3.8) is 0 Å². The van der Waals surface area contributed by atoms with E-state index in [1.165, 1.54) is 9.35 Å². The van der Waals surface area contributed by atoms with Crippen LogP contribution in [0.2, 0.25) is 0 Å². The van der Waals surface area contributed by atoms with Crippen LogP contribution in [0.15, 0.2) is 15.9 Å². The van der Waals surface area contributed by atoms with Crippen molar-refractivity contribution in [3.8, 4) is 0 Å². The monoisotopic (exact) mass is 277 g/mol. The summed E-state index contributed by atoms with van der Waals surface area (Å²) in [5.41, 5.74) is 0. The standard InChI is InChI=1S/C10H16BrNOS/c1-2-12(5-3-6-13)8-10-9(11)4-7-14-10/h4,7,13H,2-3,5-6,8H2,1H3. The Labute approximate surface area is 97.7 Å². The molecule has 0 bridgehead atoms. The summed E-state index contributed by atoms with van der Waals surface area (Å²) in [6, 6.07) is 2.08. The zero-order valence-corrected chi connectivity index (χ0v) is 10.8. The van der Waals surface area contributed by atoms with Gasteiger partial charge in [0.2, 0.25) is 0 Å². The molecule has 2 nitrogen and oxygen atoms in total. The first kappa shape index (κ1) is 12.2. The van der Waals surface area contributed by atoms with Crippen molar-refractivity contribution in [2.45, 2.75) is 19.9 Å². The molecule has 0 fully saturated rings. The van der Waals surface area contributed by atoms with E-state index >= 15 is 0 Å². The second-order valence-corrected chi connectivity index (χ2v) is 4.99. The molecule has 0 saturated carbocycles. The smallest absolute Gasteiger partial charge is 0.0443 e. The predicted octanol–water partition coefficient (Wildman–Crippen LogP) is 2.71. The van der Waals surface area contributed by atoms with Gasteiger partial charge in [-0.05, 0) is 40.3 Å². The largest absolute Gasteiger partial charge is 0.396 e. The second-order valence-electron chi connectivity index (χ2n) is 3.14. The van der Waals surface area contributed by atoms with Crippen molar-refractivity contribution in [2.24, 2.45) is 0 Å². The average molecular weight is 278 g/mol. The summed E-state index contributed by atoms with van der Waals surface area (Å²) < 4.78 is 1.20. The lowest BCUT2D eigenvalue weighted by atomic mass is 10.3. The number of thiophene rings is 1. The van der Waals surface area contributed by atoms with Crippen molar-refractivity contribution in [1.82, 2.24) is 4.90 Å². The van der Waals surface area contributed by atoms with Crippen molar-refractivity contribution in [3.05, 3.63) is 20.8 Å². The summed E-state index contributed by atoms with van der Waals surface area (Å²) in [5, 5.41) is 10.9. The van der Waals surface area contributed by atoms with Gasteiger partial charge < -0.3 is 5.11 Å². The zero-order chi connectivity index (χ0) is 10.4. The van der Waals surface area contributed by atoms with Gasteiger partial charge >= 0.3 is 0 Å². The molecule has 0 spiro atoms. The van der Waals surface area contributed by atoms with Crippen molar-refractivity contribution in [2.75, 3.05) is 19.7 Å². The van der Waals surface area contributed by atoms with Crippen molar-refractivity contribution >= 4 is 27.3 Å². The number of hydrogen-bond acceptors (Lipinski definition) is 3. The zero-order valence-electron chi connectivity index (χ0n) is 8.37. The molecule has 4 heteroatoms. The quantitative estimate of drug-likeness (QED) is 0.865. The van der Waals surface area contributed by atoms with Gasteiger partial charge in [-0.1, -0.05) is 6.92 Å². The van der Waals surface area contributed by atoms with Crippen LogP contribution in [0.5, 0.6) is 0 Å². The highest BCUT2D eigenvalue weighted by Crippen LogP contribution is 2.24. The molecule has 0 atom stereocenters. The number of nitrogens with zero attached hydrogens (tertiary/aromatic N) is 1. The van der Waals surface area contributed by atoms with Crippen LogP contribution in [-0.2, 0) is 6.54 Å². The highest BCUT2D eigenvalue weighted by molar-refractivity contribution is 9.10. The van der Waals surface area contributed by atoms with E-state index in [0.717, 1.165) is 26.1 Å². The van der Waals surface area contributed by atoms with E-state index in [4.69, 9.17) is 5.11 Å². The fraction of sp³-hybridized carbons (Fsp3) is 0.600. The van der Waals surface area contributed by atoms with E-state index in [2.05, 4.69) is 39.2 Å². The Morgan fingerprint density at radius 2 is 2.36 bits per heavy atom. The first-order chi connectivity index (χ1) is 6.77. The van der Waals surface area contributed by atoms with E-state index in [9.17, 15) is 0 Å².